The monoisotopic (exact) mass is 351 g/mol. The van der Waals surface area contributed by atoms with Crippen LogP contribution in [-0.4, -0.2) is 27.7 Å². The second-order valence-electron chi connectivity index (χ2n) is 7.28. The molecule has 0 saturated carbocycles. The smallest absolute Gasteiger partial charge is 0.336 e. The first kappa shape index (κ1) is 16.8. The Bertz CT molecular complexity index is 874. The van der Waals surface area contributed by atoms with Crippen molar-refractivity contribution in [3.8, 4) is 11.1 Å². The van der Waals surface area contributed by atoms with Gasteiger partial charge in [-0.15, -0.1) is 0 Å². The Balaban J connectivity index is 1.56. The van der Waals surface area contributed by atoms with E-state index in [1.54, 1.807) is 0 Å². The van der Waals surface area contributed by atoms with Crippen molar-refractivity contribution in [1.29, 1.82) is 0 Å². The number of aryl methyl sites for hydroxylation is 1. The highest BCUT2D eigenvalue weighted by atomic mass is 16.4. The molecule has 2 unspecified atom stereocenters. The van der Waals surface area contributed by atoms with E-state index in [1.807, 2.05) is 24.3 Å². The number of nitrogens with one attached hydrogen (secondary N) is 1. The minimum atomic E-state index is -1.65. The summed E-state index contributed by atoms with van der Waals surface area (Å²) < 4.78 is 0. The third kappa shape index (κ3) is 2.99. The lowest BCUT2D eigenvalue weighted by Crippen LogP contribution is -2.43. The third-order valence-corrected chi connectivity index (χ3v) is 5.54. The molecule has 2 atom stereocenters. The Kier molecular flexibility index (Phi) is 4.04. The third-order valence-electron chi connectivity index (χ3n) is 5.54. The van der Waals surface area contributed by atoms with Crippen LogP contribution in [0.1, 0.15) is 42.0 Å². The first-order valence-corrected chi connectivity index (χ1v) is 8.92. The minimum Gasteiger partial charge on any atom is -0.479 e. The molecule has 1 aliphatic heterocycles. The van der Waals surface area contributed by atoms with Gasteiger partial charge in [-0.1, -0.05) is 42.5 Å². The van der Waals surface area contributed by atoms with E-state index in [-0.39, 0.29) is 24.8 Å². The van der Waals surface area contributed by atoms with E-state index in [9.17, 15) is 19.8 Å². The SMILES string of the molecule is O=C1CCC(c2ccc(-c3ccc4c(c3)CCC(O)(C(=O)O)C4)cc2)N1. The van der Waals surface area contributed by atoms with Crippen molar-refractivity contribution in [3.63, 3.8) is 0 Å². The molecule has 0 spiro atoms. The summed E-state index contributed by atoms with van der Waals surface area (Å²) in [6.45, 7) is 0. The Morgan fingerprint density at radius 1 is 1.04 bits per heavy atom. The quantitative estimate of drug-likeness (QED) is 0.793. The number of carbonyl (C=O) groups excluding carboxylic acids is 1. The number of aliphatic carboxylic acids is 1. The molecule has 2 aromatic rings. The molecule has 1 heterocycles. The van der Waals surface area contributed by atoms with Gasteiger partial charge in [-0.2, -0.15) is 0 Å². The van der Waals surface area contributed by atoms with Gasteiger partial charge in [-0.05, 0) is 47.1 Å². The molecule has 26 heavy (non-hydrogen) atoms. The van der Waals surface area contributed by atoms with Gasteiger partial charge >= 0.3 is 5.97 Å². The standard InChI is InChI=1S/C21H21NO4/c23-19-8-7-18(22-19)14-3-1-13(2-4-14)15-5-6-17-12-21(26,20(24)25)10-9-16(17)11-15/h1-6,11,18,26H,7-10,12H2,(H,22,23)(H,24,25). The summed E-state index contributed by atoms with van der Waals surface area (Å²) in [5, 5.41) is 22.4. The summed E-state index contributed by atoms with van der Waals surface area (Å²) in [7, 11) is 0. The van der Waals surface area contributed by atoms with E-state index in [0.717, 1.165) is 34.2 Å². The van der Waals surface area contributed by atoms with Gasteiger partial charge in [-0.3, -0.25) is 4.79 Å². The lowest BCUT2D eigenvalue weighted by molar-refractivity contribution is -0.159. The molecule has 4 rings (SSSR count). The molecule has 1 amide bonds. The molecular weight excluding hydrogens is 330 g/mol. The van der Waals surface area contributed by atoms with Crippen molar-refractivity contribution in [2.24, 2.45) is 0 Å². The van der Waals surface area contributed by atoms with Crippen LogP contribution in [0.4, 0.5) is 0 Å². The van der Waals surface area contributed by atoms with Crippen molar-refractivity contribution in [2.45, 2.75) is 43.7 Å². The summed E-state index contributed by atoms with van der Waals surface area (Å²) >= 11 is 0. The summed E-state index contributed by atoms with van der Waals surface area (Å²) in [6.07, 6.45) is 2.36. The van der Waals surface area contributed by atoms with Crippen LogP contribution in [0, 0.1) is 0 Å². The Morgan fingerprint density at radius 3 is 2.42 bits per heavy atom. The van der Waals surface area contributed by atoms with Crippen molar-refractivity contribution in [2.75, 3.05) is 0 Å². The van der Waals surface area contributed by atoms with Crippen LogP contribution in [0.2, 0.25) is 0 Å². The molecule has 5 nitrogen and oxygen atoms in total. The van der Waals surface area contributed by atoms with Crippen molar-refractivity contribution < 1.29 is 19.8 Å². The maximum absolute atomic E-state index is 11.4. The van der Waals surface area contributed by atoms with Crippen LogP contribution in [0.3, 0.4) is 0 Å². The van der Waals surface area contributed by atoms with Gasteiger partial charge in [0, 0.05) is 12.8 Å². The summed E-state index contributed by atoms with van der Waals surface area (Å²) in [6, 6.07) is 14.3. The number of carboxylic acid groups (broad SMARTS) is 1. The highest BCUT2D eigenvalue weighted by Gasteiger charge is 2.39. The van der Waals surface area contributed by atoms with Gasteiger partial charge < -0.3 is 15.5 Å². The fourth-order valence-electron chi connectivity index (χ4n) is 3.91. The zero-order valence-corrected chi connectivity index (χ0v) is 14.4. The number of fused-ring (bicyclic) bond motifs is 1. The molecular formula is C21H21NO4. The number of hydrogen-bond acceptors (Lipinski definition) is 3. The Morgan fingerprint density at radius 2 is 1.77 bits per heavy atom. The fraction of sp³-hybridized carbons (Fsp3) is 0.333. The lowest BCUT2D eigenvalue weighted by Gasteiger charge is -2.29. The van der Waals surface area contributed by atoms with Gasteiger partial charge in [0.05, 0.1) is 6.04 Å². The normalized spacial score (nSPS) is 24.8. The van der Waals surface area contributed by atoms with Crippen molar-refractivity contribution in [1.82, 2.24) is 5.32 Å². The van der Waals surface area contributed by atoms with E-state index in [0.29, 0.717) is 12.8 Å². The molecule has 1 fully saturated rings. The van der Waals surface area contributed by atoms with Crippen LogP contribution in [0.5, 0.6) is 0 Å². The van der Waals surface area contributed by atoms with Crippen molar-refractivity contribution >= 4 is 11.9 Å². The number of rotatable bonds is 3. The van der Waals surface area contributed by atoms with Gasteiger partial charge in [0.15, 0.2) is 5.60 Å². The number of carbonyl (C=O) groups is 2. The summed E-state index contributed by atoms with van der Waals surface area (Å²) in [4.78, 5) is 22.6. The molecule has 1 saturated heterocycles. The first-order chi connectivity index (χ1) is 12.4. The van der Waals surface area contributed by atoms with Gasteiger partial charge in [0.25, 0.3) is 0 Å². The minimum absolute atomic E-state index is 0.105. The van der Waals surface area contributed by atoms with Crippen LogP contribution in [0.15, 0.2) is 42.5 Å². The Labute approximate surface area is 151 Å². The van der Waals surface area contributed by atoms with E-state index < -0.39 is 11.6 Å². The number of carboxylic acids is 1. The fourth-order valence-corrected chi connectivity index (χ4v) is 3.91. The maximum Gasteiger partial charge on any atom is 0.336 e. The average Bonchev–Trinajstić information content (AvgIpc) is 3.08. The van der Waals surface area contributed by atoms with E-state index in [1.165, 1.54) is 0 Å². The van der Waals surface area contributed by atoms with Crippen LogP contribution in [0.25, 0.3) is 11.1 Å². The zero-order valence-electron chi connectivity index (χ0n) is 14.4. The molecule has 3 N–H and O–H groups in total. The van der Waals surface area contributed by atoms with Gasteiger partial charge in [-0.25, -0.2) is 4.79 Å². The highest BCUT2D eigenvalue weighted by molar-refractivity contribution is 5.79. The second-order valence-corrected chi connectivity index (χ2v) is 7.28. The molecule has 1 aliphatic carbocycles. The zero-order chi connectivity index (χ0) is 18.3. The van der Waals surface area contributed by atoms with Crippen LogP contribution in [-0.2, 0) is 22.4 Å². The molecule has 0 aromatic heterocycles. The highest BCUT2D eigenvalue weighted by Crippen LogP contribution is 2.33. The van der Waals surface area contributed by atoms with Crippen molar-refractivity contribution in [3.05, 3.63) is 59.2 Å². The van der Waals surface area contributed by atoms with Gasteiger partial charge in [0.1, 0.15) is 0 Å². The summed E-state index contributed by atoms with van der Waals surface area (Å²) in [5.41, 5.74) is 3.62. The molecule has 134 valence electrons. The number of aliphatic hydroxyl groups is 1. The predicted octanol–water partition coefficient (Wildman–Crippen LogP) is 2.61. The molecule has 5 heteroatoms. The maximum atomic E-state index is 11.4. The lowest BCUT2D eigenvalue weighted by atomic mass is 9.79. The average molecular weight is 351 g/mol. The Hall–Kier alpha value is -2.66. The first-order valence-electron chi connectivity index (χ1n) is 8.92. The second kappa shape index (κ2) is 6.25. The van der Waals surface area contributed by atoms with Crippen LogP contribution < -0.4 is 5.32 Å². The number of amides is 1. The van der Waals surface area contributed by atoms with Crippen LogP contribution >= 0.6 is 0 Å². The number of benzene rings is 2. The largest absolute Gasteiger partial charge is 0.479 e. The summed E-state index contributed by atoms with van der Waals surface area (Å²) in [5.74, 6) is -1.04. The van der Waals surface area contributed by atoms with Gasteiger partial charge in [0.2, 0.25) is 5.91 Å². The van der Waals surface area contributed by atoms with E-state index >= 15 is 0 Å². The molecule has 2 aromatic carbocycles. The van der Waals surface area contributed by atoms with E-state index in [4.69, 9.17) is 0 Å². The number of hydrogen-bond donors (Lipinski definition) is 3. The van der Waals surface area contributed by atoms with E-state index in [2.05, 4.69) is 23.5 Å². The topological polar surface area (TPSA) is 86.6 Å². The molecule has 0 radical (unpaired) electrons. The predicted molar refractivity (Wildman–Crippen MR) is 96.6 cm³/mol. The molecule has 0 bridgehead atoms. The molecule has 2 aliphatic rings.